The third-order valence-electron chi connectivity index (χ3n) is 3.47. The minimum atomic E-state index is -1.13. The van der Waals surface area contributed by atoms with E-state index >= 15 is 0 Å². The molecule has 0 radical (unpaired) electrons. The Balaban J connectivity index is 2.24. The van der Waals surface area contributed by atoms with E-state index in [9.17, 15) is 18.4 Å². The van der Waals surface area contributed by atoms with Crippen molar-refractivity contribution in [3.63, 3.8) is 0 Å². The first kappa shape index (κ1) is 21.0. The van der Waals surface area contributed by atoms with E-state index in [1.54, 1.807) is 45.2 Å². The summed E-state index contributed by atoms with van der Waals surface area (Å²) in [5.74, 6) is 1.93. The van der Waals surface area contributed by atoms with Gasteiger partial charge in [-0.25, -0.2) is 18.6 Å². The zero-order valence-electron chi connectivity index (χ0n) is 15.8. The molecule has 7 heteroatoms. The smallest absolute Gasteiger partial charge is 0.414 e. The van der Waals surface area contributed by atoms with Gasteiger partial charge in [0, 0.05) is 24.2 Å². The van der Waals surface area contributed by atoms with Crippen molar-refractivity contribution in [1.29, 1.82) is 0 Å². The van der Waals surface area contributed by atoms with Crippen LogP contribution in [0.25, 0.3) is 0 Å². The average molecular weight is 386 g/mol. The fraction of sp³-hybridized carbons (Fsp3) is 0.286. The molecular formula is C21H20F2N2O3. The van der Waals surface area contributed by atoms with Crippen LogP contribution in [0.5, 0.6) is 0 Å². The summed E-state index contributed by atoms with van der Waals surface area (Å²) < 4.78 is 32.5. The third kappa shape index (κ3) is 6.47. The highest BCUT2D eigenvalue weighted by molar-refractivity contribution is 5.96. The van der Waals surface area contributed by atoms with Gasteiger partial charge in [-0.15, -0.1) is 0 Å². The van der Waals surface area contributed by atoms with Gasteiger partial charge in [-0.05, 0) is 44.9 Å². The first-order valence-electron chi connectivity index (χ1n) is 8.54. The van der Waals surface area contributed by atoms with Crippen LogP contribution in [0.1, 0.15) is 44.4 Å². The number of halogens is 2. The largest absolute Gasteiger partial charge is 0.444 e. The Kier molecular flexibility index (Phi) is 6.83. The summed E-state index contributed by atoms with van der Waals surface area (Å²) in [6, 6.07) is 8.04. The number of hydrogen-bond acceptors (Lipinski definition) is 4. The number of rotatable bonds is 3. The molecule has 1 unspecified atom stereocenters. The van der Waals surface area contributed by atoms with E-state index < -0.39 is 35.2 Å². The lowest BCUT2D eigenvalue weighted by Crippen LogP contribution is -2.39. The number of nitrogens with zero attached hydrogens (tertiary/aromatic N) is 1. The first-order valence-corrected chi connectivity index (χ1v) is 8.54. The van der Waals surface area contributed by atoms with Crippen LogP contribution in [-0.2, 0) is 9.53 Å². The minimum Gasteiger partial charge on any atom is -0.444 e. The van der Waals surface area contributed by atoms with Gasteiger partial charge in [-0.3, -0.25) is 10.1 Å². The predicted molar refractivity (Wildman–Crippen MR) is 99.2 cm³/mol. The van der Waals surface area contributed by atoms with Gasteiger partial charge in [0.25, 0.3) is 0 Å². The normalized spacial score (nSPS) is 11.8. The molecule has 5 nitrogen and oxygen atoms in total. The summed E-state index contributed by atoms with van der Waals surface area (Å²) in [6.07, 6.45) is 0.507. The SMILES string of the molecule is CC(C)(C)OC(=O)NC(=O)C(CC#Cc1ccccn1)c1ccc(F)cc1F. The average Bonchev–Trinajstić information content (AvgIpc) is 2.58. The molecule has 2 aromatic rings. The Labute approximate surface area is 162 Å². The van der Waals surface area contributed by atoms with Crippen molar-refractivity contribution in [2.75, 3.05) is 0 Å². The second-order valence-electron chi connectivity index (χ2n) is 6.93. The summed E-state index contributed by atoms with van der Waals surface area (Å²) in [5, 5.41) is 2.08. The molecule has 0 saturated heterocycles. The van der Waals surface area contributed by atoms with Crippen LogP contribution in [-0.4, -0.2) is 22.6 Å². The number of ether oxygens (including phenoxy) is 1. The highest BCUT2D eigenvalue weighted by Crippen LogP contribution is 2.24. The molecule has 0 aliphatic carbocycles. The van der Waals surface area contributed by atoms with Crippen LogP contribution in [0.4, 0.5) is 13.6 Å². The number of hydrogen-bond donors (Lipinski definition) is 1. The molecule has 1 atom stereocenters. The Bertz CT molecular complexity index is 913. The van der Waals surface area contributed by atoms with E-state index in [0.29, 0.717) is 11.8 Å². The van der Waals surface area contributed by atoms with Crippen LogP contribution >= 0.6 is 0 Å². The molecule has 0 fully saturated rings. The molecular weight excluding hydrogens is 366 g/mol. The van der Waals surface area contributed by atoms with E-state index in [0.717, 1.165) is 12.1 Å². The summed E-state index contributed by atoms with van der Waals surface area (Å²) in [4.78, 5) is 28.5. The summed E-state index contributed by atoms with van der Waals surface area (Å²) >= 11 is 0. The van der Waals surface area contributed by atoms with Gasteiger partial charge in [-0.1, -0.05) is 18.1 Å². The molecule has 1 N–H and O–H groups in total. The fourth-order valence-corrected chi connectivity index (χ4v) is 2.30. The second-order valence-corrected chi connectivity index (χ2v) is 6.93. The van der Waals surface area contributed by atoms with Crippen molar-refractivity contribution in [2.24, 2.45) is 0 Å². The predicted octanol–water partition coefficient (Wildman–Crippen LogP) is 3.94. The number of carbonyl (C=O) groups is 2. The van der Waals surface area contributed by atoms with Crippen molar-refractivity contribution in [3.05, 3.63) is 65.5 Å². The van der Waals surface area contributed by atoms with Crippen molar-refractivity contribution in [2.45, 2.75) is 38.7 Å². The van der Waals surface area contributed by atoms with Gasteiger partial charge in [-0.2, -0.15) is 0 Å². The lowest BCUT2D eigenvalue weighted by molar-refractivity contribution is -0.122. The van der Waals surface area contributed by atoms with Gasteiger partial charge in [0.15, 0.2) is 0 Å². The molecule has 2 amide bonds. The summed E-state index contributed by atoms with van der Waals surface area (Å²) in [5.41, 5.74) is -0.397. The number of alkyl carbamates (subject to hydrolysis) is 1. The molecule has 0 spiro atoms. The van der Waals surface area contributed by atoms with Crippen LogP contribution < -0.4 is 5.32 Å². The Morgan fingerprint density at radius 2 is 1.96 bits per heavy atom. The maximum atomic E-state index is 14.2. The van der Waals surface area contributed by atoms with Crippen molar-refractivity contribution >= 4 is 12.0 Å². The Morgan fingerprint density at radius 3 is 2.57 bits per heavy atom. The standard InChI is InChI=1S/C21H20F2N2O3/c1-21(2,3)28-20(27)25-19(26)17(16-11-10-14(22)13-18(16)23)9-6-8-15-7-4-5-12-24-15/h4-5,7,10-13,17H,9H2,1-3H3,(H,25,26,27). The van der Waals surface area contributed by atoms with Crippen LogP contribution in [0.15, 0.2) is 42.6 Å². The Hall–Kier alpha value is -3.27. The minimum absolute atomic E-state index is 0.0715. The molecule has 28 heavy (non-hydrogen) atoms. The lowest BCUT2D eigenvalue weighted by atomic mass is 9.94. The maximum absolute atomic E-state index is 14.2. The highest BCUT2D eigenvalue weighted by atomic mass is 19.1. The molecule has 146 valence electrons. The van der Waals surface area contributed by atoms with Gasteiger partial charge >= 0.3 is 6.09 Å². The number of carbonyl (C=O) groups excluding carboxylic acids is 2. The van der Waals surface area contributed by atoms with Gasteiger partial charge in [0.2, 0.25) is 5.91 Å². The van der Waals surface area contributed by atoms with Crippen molar-refractivity contribution < 1.29 is 23.1 Å². The van der Waals surface area contributed by atoms with Crippen LogP contribution in [0, 0.1) is 23.5 Å². The quantitative estimate of drug-likeness (QED) is 0.812. The molecule has 0 aliphatic rings. The van der Waals surface area contributed by atoms with Crippen molar-refractivity contribution in [1.82, 2.24) is 10.3 Å². The molecule has 1 heterocycles. The number of benzene rings is 1. The van der Waals surface area contributed by atoms with Crippen molar-refractivity contribution in [3.8, 4) is 11.8 Å². The van der Waals surface area contributed by atoms with Gasteiger partial charge < -0.3 is 4.74 Å². The van der Waals surface area contributed by atoms with Crippen LogP contribution in [0.2, 0.25) is 0 Å². The lowest BCUT2D eigenvalue weighted by Gasteiger charge is -2.21. The molecule has 1 aromatic carbocycles. The second kappa shape index (κ2) is 9.09. The zero-order valence-corrected chi connectivity index (χ0v) is 15.8. The third-order valence-corrected chi connectivity index (χ3v) is 3.47. The van der Waals surface area contributed by atoms with Crippen LogP contribution in [0.3, 0.4) is 0 Å². The highest BCUT2D eigenvalue weighted by Gasteiger charge is 2.27. The van der Waals surface area contributed by atoms with Gasteiger partial charge in [0.05, 0.1) is 5.92 Å². The monoisotopic (exact) mass is 386 g/mol. The van der Waals surface area contributed by atoms with Gasteiger partial charge in [0.1, 0.15) is 22.9 Å². The molecule has 0 aliphatic heterocycles. The number of imide groups is 1. The number of nitrogens with one attached hydrogen (secondary N) is 1. The summed E-state index contributed by atoms with van der Waals surface area (Å²) in [7, 11) is 0. The van der Waals surface area contributed by atoms with E-state index in [-0.39, 0.29) is 12.0 Å². The Morgan fingerprint density at radius 1 is 1.21 bits per heavy atom. The molecule has 2 rings (SSSR count). The number of aromatic nitrogens is 1. The summed E-state index contributed by atoms with van der Waals surface area (Å²) in [6.45, 7) is 4.94. The van der Waals surface area contributed by atoms with E-state index in [1.807, 2.05) is 0 Å². The molecule has 1 aromatic heterocycles. The topological polar surface area (TPSA) is 68.3 Å². The maximum Gasteiger partial charge on any atom is 0.414 e. The molecule has 0 bridgehead atoms. The molecule has 0 saturated carbocycles. The van der Waals surface area contributed by atoms with E-state index in [1.165, 1.54) is 0 Å². The number of pyridine rings is 1. The van der Waals surface area contributed by atoms with E-state index in [4.69, 9.17) is 4.74 Å². The fourth-order valence-electron chi connectivity index (χ4n) is 2.30. The number of amides is 2. The van der Waals surface area contributed by atoms with E-state index in [2.05, 4.69) is 22.1 Å². The zero-order chi connectivity index (χ0) is 20.7. The first-order chi connectivity index (χ1) is 13.2.